The molecule has 0 radical (unpaired) electrons. The van der Waals surface area contributed by atoms with E-state index in [4.69, 9.17) is 23.2 Å². The van der Waals surface area contributed by atoms with Gasteiger partial charge in [-0.15, -0.1) is 0 Å². The van der Waals surface area contributed by atoms with Crippen LogP contribution in [0, 0.1) is 13.8 Å². The van der Waals surface area contributed by atoms with Gasteiger partial charge in [0.05, 0.1) is 10.6 Å². The van der Waals surface area contributed by atoms with Crippen molar-refractivity contribution in [1.29, 1.82) is 0 Å². The highest BCUT2D eigenvalue weighted by Crippen LogP contribution is 2.30. The first-order valence-electron chi connectivity index (χ1n) is 12.5. The second-order valence-corrected chi connectivity index (χ2v) is 12.3. The topological polar surface area (TPSA) is 86.8 Å². The lowest BCUT2D eigenvalue weighted by Crippen LogP contribution is -2.52. The average molecular weight is 591 g/mol. The zero-order valence-electron chi connectivity index (χ0n) is 22.6. The average Bonchev–Trinajstić information content (AvgIpc) is 2.88. The zero-order chi connectivity index (χ0) is 28.9. The predicted octanol–water partition coefficient (Wildman–Crippen LogP) is 5.75. The number of hydrogen-bond donors (Lipinski definition) is 1. The van der Waals surface area contributed by atoms with Crippen LogP contribution in [-0.2, 0) is 26.2 Å². The molecule has 0 spiro atoms. The fraction of sp³-hybridized carbons (Fsp3) is 0.310. The van der Waals surface area contributed by atoms with Crippen molar-refractivity contribution >= 4 is 50.7 Å². The van der Waals surface area contributed by atoms with Crippen molar-refractivity contribution in [2.45, 2.75) is 58.1 Å². The molecule has 39 heavy (non-hydrogen) atoms. The van der Waals surface area contributed by atoms with E-state index in [1.54, 1.807) is 55.5 Å². The van der Waals surface area contributed by atoms with Gasteiger partial charge in [0, 0.05) is 28.2 Å². The van der Waals surface area contributed by atoms with Crippen molar-refractivity contribution in [3.8, 4) is 0 Å². The molecule has 0 fully saturated rings. The Hall–Kier alpha value is -3.07. The SMILES string of the molecule is Cc1cccc(N(CC(=O)N(Cc2c(Cl)cccc2Cl)[C@H](C)C(=O)NC(C)C)S(=O)(=O)c2ccccc2)c1C. The summed E-state index contributed by atoms with van der Waals surface area (Å²) < 4.78 is 28.9. The van der Waals surface area contributed by atoms with E-state index in [-0.39, 0.29) is 23.4 Å². The van der Waals surface area contributed by atoms with Crippen LogP contribution in [0.25, 0.3) is 0 Å². The molecule has 0 saturated heterocycles. The Morgan fingerprint density at radius 1 is 0.872 bits per heavy atom. The highest BCUT2D eigenvalue weighted by Gasteiger charge is 2.33. The molecule has 2 amide bonds. The van der Waals surface area contributed by atoms with Crippen molar-refractivity contribution < 1.29 is 18.0 Å². The molecule has 1 N–H and O–H groups in total. The summed E-state index contributed by atoms with van der Waals surface area (Å²) in [5.41, 5.74) is 2.43. The lowest BCUT2D eigenvalue weighted by atomic mass is 10.1. The van der Waals surface area contributed by atoms with Crippen molar-refractivity contribution in [2.75, 3.05) is 10.8 Å². The second-order valence-electron chi connectivity index (χ2n) is 9.60. The molecule has 7 nitrogen and oxygen atoms in total. The molecule has 1 atom stereocenters. The molecule has 0 aromatic heterocycles. The van der Waals surface area contributed by atoms with Gasteiger partial charge in [0.15, 0.2) is 0 Å². The van der Waals surface area contributed by atoms with Gasteiger partial charge in [-0.3, -0.25) is 13.9 Å². The van der Waals surface area contributed by atoms with Gasteiger partial charge in [-0.05, 0) is 76.1 Å². The van der Waals surface area contributed by atoms with Crippen LogP contribution in [-0.4, -0.2) is 43.8 Å². The number of anilines is 1. The zero-order valence-corrected chi connectivity index (χ0v) is 24.9. The van der Waals surface area contributed by atoms with E-state index in [1.165, 1.54) is 17.0 Å². The second kappa shape index (κ2) is 12.9. The number of hydrogen-bond acceptors (Lipinski definition) is 4. The summed E-state index contributed by atoms with van der Waals surface area (Å²) in [7, 11) is -4.14. The van der Waals surface area contributed by atoms with Gasteiger partial charge < -0.3 is 10.2 Å². The Morgan fingerprint density at radius 2 is 1.46 bits per heavy atom. The van der Waals surface area contributed by atoms with Gasteiger partial charge in [0.2, 0.25) is 11.8 Å². The summed E-state index contributed by atoms with van der Waals surface area (Å²) >= 11 is 12.8. The maximum atomic E-state index is 14.0. The largest absolute Gasteiger partial charge is 0.352 e. The van der Waals surface area contributed by atoms with Gasteiger partial charge in [0.25, 0.3) is 10.0 Å². The third kappa shape index (κ3) is 7.12. The highest BCUT2D eigenvalue weighted by molar-refractivity contribution is 7.92. The van der Waals surface area contributed by atoms with Crippen LogP contribution < -0.4 is 9.62 Å². The summed E-state index contributed by atoms with van der Waals surface area (Å²) in [5, 5.41) is 3.49. The summed E-state index contributed by atoms with van der Waals surface area (Å²) in [6.07, 6.45) is 0. The molecule has 0 bridgehead atoms. The van der Waals surface area contributed by atoms with E-state index >= 15 is 0 Å². The Labute approximate surface area is 240 Å². The minimum atomic E-state index is -4.14. The number of sulfonamides is 1. The summed E-state index contributed by atoms with van der Waals surface area (Å²) in [6, 6.07) is 17.1. The first-order chi connectivity index (χ1) is 18.3. The van der Waals surface area contributed by atoms with E-state index in [2.05, 4.69) is 5.32 Å². The number of carbonyl (C=O) groups is 2. The van der Waals surface area contributed by atoms with E-state index in [0.717, 1.165) is 15.4 Å². The van der Waals surface area contributed by atoms with Crippen LogP contribution >= 0.6 is 23.2 Å². The van der Waals surface area contributed by atoms with Gasteiger partial charge in [-0.2, -0.15) is 0 Å². The number of benzene rings is 3. The number of rotatable bonds is 10. The van der Waals surface area contributed by atoms with Gasteiger partial charge >= 0.3 is 0 Å². The maximum Gasteiger partial charge on any atom is 0.264 e. The molecule has 0 saturated carbocycles. The summed E-state index contributed by atoms with van der Waals surface area (Å²) in [4.78, 5) is 28.4. The smallest absolute Gasteiger partial charge is 0.264 e. The Morgan fingerprint density at radius 3 is 2.05 bits per heavy atom. The molecule has 0 heterocycles. The van der Waals surface area contributed by atoms with Gasteiger partial charge in [-0.25, -0.2) is 8.42 Å². The van der Waals surface area contributed by atoms with Crippen LogP contribution in [0.5, 0.6) is 0 Å². The molecule has 0 aliphatic heterocycles. The van der Waals surface area contributed by atoms with Crippen molar-refractivity contribution in [2.24, 2.45) is 0 Å². The number of amides is 2. The molecule has 208 valence electrons. The Bertz CT molecular complexity index is 1430. The minimum Gasteiger partial charge on any atom is -0.352 e. The van der Waals surface area contributed by atoms with Crippen LogP contribution in [0.15, 0.2) is 71.6 Å². The number of nitrogens with zero attached hydrogens (tertiary/aromatic N) is 2. The Balaban J connectivity index is 2.10. The number of carbonyl (C=O) groups excluding carboxylic acids is 2. The van der Waals surface area contributed by atoms with E-state index in [1.807, 2.05) is 33.8 Å². The first kappa shape index (κ1) is 30.5. The molecule has 10 heteroatoms. The monoisotopic (exact) mass is 589 g/mol. The van der Waals surface area contributed by atoms with Crippen LogP contribution in [0.2, 0.25) is 10.0 Å². The van der Waals surface area contributed by atoms with E-state index in [9.17, 15) is 18.0 Å². The molecule has 3 aromatic rings. The molecule has 3 aromatic carbocycles. The molecular weight excluding hydrogens is 557 g/mol. The first-order valence-corrected chi connectivity index (χ1v) is 14.7. The molecular formula is C29H33Cl2N3O4S. The van der Waals surface area contributed by atoms with Crippen LogP contribution in [0.1, 0.15) is 37.5 Å². The molecule has 0 unspecified atom stereocenters. The van der Waals surface area contributed by atoms with Gasteiger partial charge in [-0.1, -0.05) is 59.6 Å². The van der Waals surface area contributed by atoms with Crippen molar-refractivity contribution in [1.82, 2.24) is 10.2 Å². The predicted molar refractivity (Wildman–Crippen MR) is 157 cm³/mol. The quantitative estimate of drug-likeness (QED) is 0.326. The number of halogens is 2. The fourth-order valence-corrected chi connectivity index (χ4v) is 6.09. The van der Waals surface area contributed by atoms with Crippen LogP contribution in [0.4, 0.5) is 5.69 Å². The fourth-order valence-electron chi connectivity index (χ4n) is 4.08. The lowest BCUT2D eigenvalue weighted by molar-refractivity contribution is -0.139. The summed E-state index contributed by atoms with van der Waals surface area (Å²) in [6.45, 7) is 8.28. The normalized spacial score (nSPS) is 12.2. The molecule has 0 aliphatic carbocycles. The lowest BCUT2D eigenvalue weighted by Gasteiger charge is -2.33. The third-order valence-corrected chi connectivity index (χ3v) is 8.93. The maximum absolute atomic E-state index is 14.0. The van der Waals surface area contributed by atoms with Crippen molar-refractivity contribution in [3.05, 3.63) is 93.5 Å². The standard InChI is InChI=1S/C29H33Cl2N3O4S/c1-19(2)32-29(36)22(5)33(17-24-25(30)14-10-15-26(24)31)28(35)18-34(27-16-9-11-20(3)21(27)4)39(37,38)23-12-7-6-8-13-23/h6-16,19,22H,17-18H2,1-5H3,(H,32,36)/t22-/m1/s1. The minimum absolute atomic E-state index is 0.0463. The highest BCUT2D eigenvalue weighted by atomic mass is 35.5. The van der Waals surface area contributed by atoms with Gasteiger partial charge in [0.1, 0.15) is 12.6 Å². The van der Waals surface area contributed by atoms with Crippen LogP contribution in [0.3, 0.4) is 0 Å². The third-order valence-electron chi connectivity index (χ3n) is 6.44. The van der Waals surface area contributed by atoms with E-state index in [0.29, 0.717) is 21.3 Å². The number of nitrogens with one attached hydrogen (secondary N) is 1. The molecule has 3 rings (SSSR count). The summed E-state index contributed by atoms with van der Waals surface area (Å²) in [5.74, 6) is -0.969. The Kier molecular flexibility index (Phi) is 10.0. The van der Waals surface area contributed by atoms with E-state index < -0.39 is 28.5 Å². The number of aryl methyl sites for hydroxylation is 1. The molecule has 0 aliphatic rings. The van der Waals surface area contributed by atoms with Crippen molar-refractivity contribution in [3.63, 3.8) is 0 Å².